The molecule has 0 aromatic heterocycles. The van der Waals surface area contributed by atoms with E-state index in [1.165, 1.54) is 0 Å². The minimum absolute atomic E-state index is 0.0662. The highest BCUT2D eigenvalue weighted by molar-refractivity contribution is 7.80. The van der Waals surface area contributed by atoms with E-state index < -0.39 is 0 Å². The topological polar surface area (TPSA) is 97.0 Å². The Morgan fingerprint density at radius 1 is 0.920 bits per heavy atom. The summed E-state index contributed by atoms with van der Waals surface area (Å²) in [7, 11) is 0. The average molecular weight is 352 g/mol. The van der Waals surface area contributed by atoms with E-state index >= 15 is 0 Å². The highest BCUT2D eigenvalue weighted by Gasteiger charge is 2.16. The molecular weight excluding hydrogens is 332 g/mol. The minimum atomic E-state index is -0.0662. The average Bonchev–Trinajstić information content (AvgIpc) is 2.51. The van der Waals surface area contributed by atoms with Crippen LogP contribution in [0.25, 0.3) is 10.8 Å². The highest BCUT2D eigenvalue weighted by Crippen LogP contribution is 2.45. The van der Waals surface area contributed by atoms with Crippen molar-refractivity contribution in [3.8, 4) is 5.75 Å². The number of aromatic hydroxyl groups is 1. The van der Waals surface area contributed by atoms with Gasteiger partial charge in [-0.25, -0.2) is 0 Å². The van der Waals surface area contributed by atoms with E-state index in [1.54, 1.807) is 6.07 Å². The molecule has 25 heavy (non-hydrogen) atoms. The van der Waals surface area contributed by atoms with Crippen LogP contribution in [0.2, 0.25) is 0 Å². The number of anilines is 2. The largest absolute Gasteiger partial charge is 0.505 e. The number of hydrogen-bond acceptors (Lipinski definition) is 6. The molecule has 5 nitrogen and oxygen atoms in total. The molecular formula is C19H20N4OS. The smallest absolute Gasteiger partial charge is 0.154 e. The molecule has 0 aliphatic carbocycles. The van der Waals surface area contributed by atoms with E-state index in [0.29, 0.717) is 27.3 Å². The zero-order chi connectivity index (χ0) is 18.3. The van der Waals surface area contributed by atoms with Crippen molar-refractivity contribution in [3.63, 3.8) is 0 Å². The first-order chi connectivity index (χ1) is 11.8. The zero-order valence-corrected chi connectivity index (χ0v) is 15.2. The summed E-state index contributed by atoms with van der Waals surface area (Å²) in [5.41, 5.74) is 16.8. The number of fused-ring (bicyclic) bond motifs is 1. The van der Waals surface area contributed by atoms with Crippen molar-refractivity contribution in [1.82, 2.24) is 0 Å². The monoisotopic (exact) mass is 352 g/mol. The van der Waals surface area contributed by atoms with Gasteiger partial charge in [-0.2, -0.15) is 5.11 Å². The van der Waals surface area contributed by atoms with Crippen molar-refractivity contribution in [2.45, 2.75) is 25.7 Å². The van der Waals surface area contributed by atoms with Gasteiger partial charge in [-0.05, 0) is 67.1 Å². The molecule has 0 heterocycles. The molecule has 3 rings (SSSR count). The van der Waals surface area contributed by atoms with Gasteiger partial charge in [0.1, 0.15) is 5.69 Å². The number of thiol groups is 1. The zero-order valence-electron chi connectivity index (χ0n) is 14.3. The Morgan fingerprint density at radius 2 is 1.56 bits per heavy atom. The summed E-state index contributed by atoms with van der Waals surface area (Å²) in [6.45, 7) is 5.90. The van der Waals surface area contributed by atoms with Gasteiger partial charge in [0.2, 0.25) is 0 Å². The van der Waals surface area contributed by atoms with Crippen LogP contribution in [0.1, 0.15) is 16.7 Å². The molecule has 0 bridgehead atoms. The lowest BCUT2D eigenvalue weighted by atomic mass is 10.0. The number of nitrogen functional groups attached to an aromatic ring is 2. The molecule has 3 aromatic carbocycles. The van der Waals surface area contributed by atoms with Crippen LogP contribution in [0.3, 0.4) is 0 Å². The third kappa shape index (κ3) is 3.13. The summed E-state index contributed by atoms with van der Waals surface area (Å²) >= 11 is 4.45. The minimum Gasteiger partial charge on any atom is -0.505 e. The molecule has 3 aromatic rings. The fraction of sp³-hybridized carbons (Fsp3) is 0.158. The molecule has 0 atom stereocenters. The maximum absolute atomic E-state index is 10.7. The van der Waals surface area contributed by atoms with Crippen molar-refractivity contribution in [1.29, 1.82) is 0 Å². The molecule has 0 saturated heterocycles. The lowest BCUT2D eigenvalue weighted by molar-refractivity contribution is 0.481. The summed E-state index contributed by atoms with van der Waals surface area (Å²) < 4.78 is 0. The molecule has 0 aliphatic rings. The SMILES string of the molecule is Cc1cc(C)cc(N=Nc2c(S)cc3c(C)cc(N)c(N)c3c2O)c1. The number of nitrogens with zero attached hydrogens (tertiary/aromatic N) is 2. The molecule has 0 amide bonds. The first kappa shape index (κ1) is 17.1. The Morgan fingerprint density at radius 3 is 2.20 bits per heavy atom. The van der Waals surface area contributed by atoms with Gasteiger partial charge in [-0.3, -0.25) is 0 Å². The van der Waals surface area contributed by atoms with E-state index in [0.717, 1.165) is 22.1 Å². The highest BCUT2D eigenvalue weighted by atomic mass is 32.1. The fourth-order valence-corrected chi connectivity index (χ4v) is 3.26. The third-order valence-electron chi connectivity index (χ3n) is 4.10. The Labute approximate surface area is 151 Å². The van der Waals surface area contributed by atoms with E-state index in [-0.39, 0.29) is 11.4 Å². The van der Waals surface area contributed by atoms with Crippen LogP contribution in [-0.4, -0.2) is 5.11 Å². The number of azo groups is 1. The van der Waals surface area contributed by atoms with Crippen LogP contribution in [0.4, 0.5) is 22.7 Å². The van der Waals surface area contributed by atoms with Gasteiger partial charge >= 0.3 is 0 Å². The molecule has 5 N–H and O–H groups in total. The van der Waals surface area contributed by atoms with Gasteiger partial charge in [-0.15, -0.1) is 17.7 Å². The van der Waals surface area contributed by atoms with Gasteiger partial charge in [0.05, 0.1) is 22.4 Å². The Kier molecular flexibility index (Phi) is 4.30. The van der Waals surface area contributed by atoms with E-state index in [1.807, 2.05) is 39.0 Å². The lowest BCUT2D eigenvalue weighted by Crippen LogP contribution is -1.97. The van der Waals surface area contributed by atoms with Crippen LogP contribution < -0.4 is 11.5 Å². The molecule has 128 valence electrons. The van der Waals surface area contributed by atoms with Gasteiger partial charge in [0.15, 0.2) is 5.75 Å². The molecule has 0 radical (unpaired) electrons. The van der Waals surface area contributed by atoms with Crippen molar-refractivity contribution >= 4 is 46.2 Å². The molecule has 6 heteroatoms. The van der Waals surface area contributed by atoms with Crippen LogP contribution in [0.15, 0.2) is 45.5 Å². The predicted molar refractivity (Wildman–Crippen MR) is 107 cm³/mol. The summed E-state index contributed by atoms with van der Waals surface area (Å²) in [4.78, 5) is 0.519. The maximum atomic E-state index is 10.7. The van der Waals surface area contributed by atoms with Crippen molar-refractivity contribution < 1.29 is 5.11 Å². The molecule has 0 aliphatic heterocycles. The Balaban J connectivity index is 2.20. The van der Waals surface area contributed by atoms with Crippen molar-refractivity contribution in [2.75, 3.05) is 11.5 Å². The van der Waals surface area contributed by atoms with Crippen LogP contribution >= 0.6 is 12.6 Å². The first-order valence-corrected chi connectivity index (χ1v) is 8.26. The van der Waals surface area contributed by atoms with Crippen molar-refractivity contribution in [3.05, 3.63) is 47.0 Å². The van der Waals surface area contributed by atoms with E-state index in [2.05, 4.69) is 28.9 Å². The molecule has 0 saturated carbocycles. The standard InChI is InChI=1S/C19H20N4OS/c1-9-4-10(2)6-12(5-9)22-23-18-15(25)8-13-11(3)7-14(20)17(21)16(13)19(18)24/h4-8,24-25H,20-21H2,1-3H3. The van der Waals surface area contributed by atoms with Crippen LogP contribution in [0, 0.1) is 20.8 Å². The number of benzene rings is 3. The first-order valence-electron chi connectivity index (χ1n) is 7.81. The van der Waals surface area contributed by atoms with E-state index in [4.69, 9.17) is 11.5 Å². The second-order valence-corrected chi connectivity index (χ2v) is 6.74. The summed E-state index contributed by atoms with van der Waals surface area (Å²) in [5, 5.41) is 20.4. The molecule has 0 unspecified atom stereocenters. The quantitative estimate of drug-likeness (QED) is 0.285. The van der Waals surface area contributed by atoms with Crippen molar-refractivity contribution in [2.24, 2.45) is 10.2 Å². The number of phenolic OH excluding ortho intramolecular Hbond substituents is 1. The van der Waals surface area contributed by atoms with Crippen LogP contribution in [-0.2, 0) is 0 Å². The summed E-state index contributed by atoms with van der Waals surface area (Å²) in [5.74, 6) is -0.0662. The lowest BCUT2D eigenvalue weighted by Gasteiger charge is -2.13. The third-order valence-corrected chi connectivity index (χ3v) is 4.44. The van der Waals surface area contributed by atoms with Gasteiger partial charge in [-0.1, -0.05) is 6.07 Å². The number of aryl methyl sites for hydroxylation is 3. The molecule has 0 spiro atoms. The Bertz CT molecular complexity index is 1010. The second kappa shape index (κ2) is 6.29. The number of hydrogen-bond donors (Lipinski definition) is 4. The van der Waals surface area contributed by atoms with Gasteiger partial charge < -0.3 is 16.6 Å². The number of phenols is 1. The predicted octanol–water partition coefficient (Wildman–Crippen LogP) is 5.34. The van der Waals surface area contributed by atoms with Gasteiger partial charge in [0, 0.05) is 4.90 Å². The molecule has 0 fully saturated rings. The summed E-state index contributed by atoms with van der Waals surface area (Å²) in [6, 6.07) is 9.50. The summed E-state index contributed by atoms with van der Waals surface area (Å²) in [6.07, 6.45) is 0. The normalized spacial score (nSPS) is 11.5. The van der Waals surface area contributed by atoms with E-state index in [9.17, 15) is 5.11 Å². The second-order valence-electron chi connectivity index (χ2n) is 6.26. The van der Waals surface area contributed by atoms with Crippen LogP contribution in [0.5, 0.6) is 5.75 Å². The fourth-order valence-electron chi connectivity index (χ4n) is 2.98. The number of nitrogens with two attached hydrogens (primary N) is 2. The van der Waals surface area contributed by atoms with Gasteiger partial charge in [0.25, 0.3) is 0 Å². The maximum Gasteiger partial charge on any atom is 0.154 e. The Hall–Kier alpha value is -2.73. The number of rotatable bonds is 2.